The Morgan fingerprint density at radius 3 is 2.35 bits per heavy atom. The van der Waals surface area contributed by atoms with Gasteiger partial charge in [-0.2, -0.15) is 13.2 Å². The Bertz CT molecular complexity index is 408. The van der Waals surface area contributed by atoms with E-state index in [1.165, 1.54) is 4.90 Å². The van der Waals surface area contributed by atoms with Crippen molar-refractivity contribution >= 4 is 29.9 Å². The average Bonchev–Trinajstić information content (AvgIpc) is 2.87. The summed E-state index contributed by atoms with van der Waals surface area (Å²) in [5, 5.41) is 6.46. The van der Waals surface area contributed by atoms with Gasteiger partial charge in [-0.05, 0) is 41.0 Å². The standard InChI is InChI=1S/C17H34F3N5.HI/c1-6-21-16(22-8-10-25(13(2)3)14(4)5)23-15-7-9-24(11-15)12-17(18,19)20;/h13-15H,6-12H2,1-5H3,(H2,21,22,23);1H. The van der Waals surface area contributed by atoms with E-state index < -0.39 is 12.7 Å². The molecule has 9 heteroatoms. The van der Waals surface area contributed by atoms with E-state index in [-0.39, 0.29) is 30.0 Å². The molecule has 2 N–H and O–H groups in total. The molecule has 1 aliphatic rings. The Kier molecular flexibility index (Phi) is 12.1. The van der Waals surface area contributed by atoms with Crippen molar-refractivity contribution in [1.29, 1.82) is 0 Å². The van der Waals surface area contributed by atoms with Crippen LogP contribution in [0, 0.1) is 0 Å². The van der Waals surface area contributed by atoms with Crippen LogP contribution in [0.1, 0.15) is 41.0 Å². The van der Waals surface area contributed by atoms with E-state index in [0.29, 0.717) is 44.1 Å². The Labute approximate surface area is 173 Å². The molecule has 0 aromatic rings. The smallest absolute Gasteiger partial charge is 0.357 e. The summed E-state index contributed by atoms with van der Waals surface area (Å²) in [4.78, 5) is 8.41. The van der Waals surface area contributed by atoms with E-state index in [0.717, 1.165) is 13.1 Å². The number of likely N-dealkylation sites (tertiary alicyclic amines) is 1. The number of nitrogens with one attached hydrogen (secondary N) is 2. The molecule has 1 fully saturated rings. The minimum Gasteiger partial charge on any atom is -0.357 e. The second kappa shape index (κ2) is 12.2. The molecule has 1 aliphatic heterocycles. The predicted molar refractivity (Wildman–Crippen MR) is 112 cm³/mol. The Morgan fingerprint density at radius 1 is 1.23 bits per heavy atom. The Balaban J connectivity index is 0.00000625. The third-order valence-corrected chi connectivity index (χ3v) is 4.32. The van der Waals surface area contributed by atoms with Crippen molar-refractivity contribution in [2.45, 2.75) is 65.3 Å². The minimum atomic E-state index is -4.13. The van der Waals surface area contributed by atoms with Crippen molar-refractivity contribution in [3.63, 3.8) is 0 Å². The lowest BCUT2D eigenvalue weighted by molar-refractivity contribution is -0.143. The van der Waals surface area contributed by atoms with Crippen LogP contribution in [0.2, 0.25) is 0 Å². The number of guanidine groups is 1. The lowest BCUT2D eigenvalue weighted by Gasteiger charge is -2.29. The van der Waals surface area contributed by atoms with Gasteiger partial charge in [-0.3, -0.25) is 14.8 Å². The molecule has 0 spiro atoms. The SMILES string of the molecule is CCNC(=NCCN(C(C)C)C(C)C)NC1CCN(CC(F)(F)F)C1.I. The first-order valence-corrected chi connectivity index (χ1v) is 9.22. The van der Waals surface area contributed by atoms with Gasteiger partial charge in [0.25, 0.3) is 0 Å². The van der Waals surface area contributed by atoms with Crippen LogP contribution in [0.4, 0.5) is 13.2 Å². The molecule has 1 rings (SSSR count). The Hall–Kier alpha value is -0.290. The van der Waals surface area contributed by atoms with Gasteiger partial charge in [0.2, 0.25) is 0 Å². The third-order valence-electron chi connectivity index (χ3n) is 4.32. The van der Waals surface area contributed by atoms with E-state index in [4.69, 9.17) is 0 Å². The summed E-state index contributed by atoms with van der Waals surface area (Å²) in [6.07, 6.45) is -3.44. The monoisotopic (exact) mass is 493 g/mol. The summed E-state index contributed by atoms with van der Waals surface area (Å²) in [6.45, 7) is 12.9. The van der Waals surface area contributed by atoms with Crippen LogP contribution in [-0.2, 0) is 0 Å². The summed E-state index contributed by atoms with van der Waals surface area (Å²) in [5.41, 5.74) is 0. The van der Waals surface area contributed by atoms with Gasteiger partial charge in [0, 0.05) is 44.3 Å². The van der Waals surface area contributed by atoms with Crippen LogP contribution >= 0.6 is 24.0 Å². The van der Waals surface area contributed by atoms with Gasteiger partial charge in [0.1, 0.15) is 0 Å². The number of hydrogen-bond donors (Lipinski definition) is 2. The van der Waals surface area contributed by atoms with Gasteiger partial charge in [-0.15, -0.1) is 24.0 Å². The summed E-state index contributed by atoms with van der Waals surface area (Å²) in [6, 6.07) is 0.916. The molecule has 0 radical (unpaired) electrons. The number of halogens is 4. The zero-order valence-electron chi connectivity index (χ0n) is 16.6. The summed E-state index contributed by atoms with van der Waals surface area (Å²) < 4.78 is 37.5. The largest absolute Gasteiger partial charge is 0.401 e. The molecule has 26 heavy (non-hydrogen) atoms. The van der Waals surface area contributed by atoms with Crippen molar-refractivity contribution in [3.05, 3.63) is 0 Å². The zero-order chi connectivity index (χ0) is 19.0. The highest BCUT2D eigenvalue weighted by atomic mass is 127. The first kappa shape index (κ1) is 25.7. The Morgan fingerprint density at radius 2 is 1.85 bits per heavy atom. The van der Waals surface area contributed by atoms with E-state index in [1.54, 1.807) is 0 Å². The molecular weight excluding hydrogens is 458 g/mol. The second-order valence-corrected chi connectivity index (χ2v) is 7.17. The van der Waals surface area contributed by atoms with Gasteiger partial charge in [-0.25, -0.2) is 0 Å². The van der Waals surface area contributed by atoms with Crippen molar-refractivity contribution in [1.82, 2.24) is 20.4 Å². The molecule has 0 saturated carbocycles. The third kappa shape index (κ3) is 10.1. The van der Waals surface area contributed by atoms with Gasteiger partial charge in [0.15, 0.2) is 5.96 Å². The number of hydrogen-bond acceptors (Lipinski definition) is 3. The number of rotatable bonds is 8. The van der Waals surface area contributed by atoms with Crippen LogP contribution in [0.5, 0.6) is 0 Å². The van der Waals surface area contributed by atoms with Crippen LogP contribution in [0.25, 0.3) is 0 Å². The fourth-order valence-corrected chi connectivity index (χ4v) is 3.25. The fraction of sp³-hybridized carbons (Fsp3) is 0.941. The van der Waals surface area contributed by atoms with Crippen molar-refractivity contribution in [2.75, 3.05) is 39.3 Å². The van der Waals surface area contributed by atoms with Gasteiger partial charge >= 0.3 is 6.18 Å². The predicted octanol–water partition coefficient (Wildman–Crippen LogP) is 2.91. The summed E-state index contributed by atoms with van der Waals surface area (Å²) in [5.74, 6) is 0.689. The summed E-state index contributed by atoms with van der Waals surface area (Å²) >= 11 is 0. The first-order chi connectivity index (χ1) is 11.6. The topological polar surface area (TPSA) is 42.9 Å². The molecule has 5 nitrogen and oxygen atoms in total. The van der Waals surface area contributed by atoms with E-state index >= 15 is 0 Å². The van der Waals surface area contributed by atoms with Crippen LogP contribution in [-0.4, -0.2) is 79.3 Å². The van der Waals surface area contributed by atoms with Gasteiger partial charge in [0.05, 0.1) is 13.1 Å². The molecule has 0 aromatic heterocycles. The summed E-state index contributed by atoms with van der Waals surface area (Å²) in [7, 11) is 0. The first-order valence-electron chi connectivity index (χ1n) is 9.22. The molecule has 0 bridgehead atoms. The van der Waals surface area contributed by atoms with Gasteiger partial charge < -0.3 is 10.6 Å². The minimum absolute atomic E-state index is 0. The molecule has 1 saturated heterocycles. The maximum Gasteiger partial charge on any atom is 0.401 e. The number of nitrogens with zero attached hydrogens (tertiary/aromatic N) is 3. The molecule has 1 unspecified atom stereocenters. The fourth-order valence-electron chi connectivity index (χ4n) is 3.25. The van der Waals surface area contributed by atoms with E-state index in [9.17, 15) is 13.2 Å². The highest BCUT2D eigenvalue weighted by Gasteiger charge is 2.34. The quantitative estimate of drug-likeness (QED) is 0.310. The van der Waals surface area contributed by atoms with Crippen LogP contribution < -0.4 is 10.6 Å². The molecular formula is C17H35F3IN5. The van der Waals surface area contributed by atoms with Gasteiger partial charge in [-0.1, -0.05) is 0 Å². The normalized spacial score (nSPS) is 19.3. The van der Waals surface area contributed by atoms with Crippen molar-refractivity contribution in [3.8, 4) is 0 Å². The lowest BCUT2D eigenvalue weighted by atomic mass is 10.2. The molecule has 0 aliphatic carbocycles. The zero-order valence-corrected chi connectivity index (χ0v) is 18.9. The van der Waals surface area contributed by atoms with E-state index in [2.05, 4.69) is 48.2 Å². The van der Waals surface area contributed by atoms with Crippen molar-refractivity contribution in [2.24, 2.45) is 4.99 Å². The highest BCUT2D eigenvalue weighted by molar-refractivity contribution is 14.0. The maximum atomic E-state index is 12.5. The highest BCUT2D eigenvalue weighted by Crippen LogP contribution is 2.19. The number of aliphatic imine (C=N–C) groups is 1. The lowest BCUT2D eigenvalue weighted by Crippen LogP contribution is -2.46. The maximum absolute atomic E-state index is 12.5. The van der Waals surface area contributed by atoms with Crippen molar-refractivity contribution < 1.29 is 13.2 Å². The molecule has 0 amide bonds. The van der Waals surface area contributed by atoms with Crippen LogP contribution in [0.3, 0.4) is 0 Å². The molecule has 0 aromatic carbocycles. The average molecular weight is 493 g/mol. The number of alkyl halides is 3. The molecule has 1 heterocycles. The molecule has 1 atom stereocenters. The van der Waals surface area contributed by atoms with E-state index in [1.807, 2.05) is 6.92 Å². The van der Waals surface area contributed by atoms with Crippen LogP contribution in [0.15, 0.2) is 4.99 Å². The molecule has 156 valence electrons. The second-order valence-electron chi connectivity index (χ2n) is 7.17.